The second kappa shape index (κ2) is 2.83. The molecule has 0 aliphatic rings. The summed E-state index contributed by atoms with van der Waals surface area (Å²) >= 11 is 4.16. The number of H-pyrrole nitrogens is 1. The van der Waals surface area contributed by atoms with Gasteiger partial charge in [-0.15, -0.1) is 11.7 Å². The van der Waals surface area contributed by atoms with Gasteiger partial charge in [-0.2, -0.15) is 0 Å². The van der Waals surface area contributed by atoms with E-state index in [1.165, 1.54) is 26.6 Å². The lowest BCUT2D eigenvalue weighted by molar-refractivity contribution is 1.41. The minimum Gasteiger partial charge on any atom is -0.360 e. The molecule has 0 unspecified atom stereocenters. The van der Waals surface area contributed by atoms with Gasteiger partial charge in [-0.1, -0.05) is 22.9 Å². The Morgan fingerprint density at radius 2 is 2.18 bits per heavy atom. The number of fused-ring (bicyclic) bond motifs is 1. The van der Waals surface area contributed by atoms with E-state index in [0.717, 1.165) is 0 Å². The molecule has 0 fully saturated rings. The zero-order chi connectivity index (χ0) is 7.68. The van der Waals surface area contributed by atoms with E-state index in [1.54, 1.807) is 0 Å². The summed E-state index contributed by atoms with van der Waals surface area (Å²) in [5.41, 5.74) is 1.17. The van der Waals surface area contributed by atoms with Crippen LogP contribution in [0.4, 0.5) is 0 Å². The van der Waals surface area contributed by atoms with Crippen LogP contribution in [0, 0.1) is 0 Å². The maximum absolute atomic E-state index is 4.16. The molecule has 1 heterocycles. The molecule has 1 nitrogen and oxygen atoms in total. The summed E-state index contributed by atoms with van der Waals surface area (Å²) in [7, 11) is 1.47. The van der Waals surface area contributed by atoms with E-state index >= 15 is 0 Å². The third kappa shape index (κ3) is 1.14. The van der Waals surface area contributed by atoms with Crippen LogP contribution in [0.3, 0.4) is 0 Å². The fraction of sp³-hybridized carbons (Fsp3) is 0. The van der Waals surface area contributed by atoms with Crippen LogP contribution in [0.25, 0.3) is 10.9 Å². The first-order chi connectivity index (χ1) is 5.42. The lowest BCUT2D eigenvalue weighted by Gasteiger charge is -1.95. The van der Waals surface area contributed by atoms with Gasteiger partial charge in [-0.05, 0) is 12.1 Å². The van der Waals surface area contributed by atoms with Crippen LogP contribution in [-0.2, 0) is 0 Å². The zero-order valence-electron chi connectivity index (χ0n) is 5.74. The highest BCUT2D eigenvalue weighted by molar-refractivity contribution is 8.68. The number of rotatable bonds is 1. The quantitative estimate of drug-likeness (QED) is 0.510. The lowest BCUT2D eigenvalue weighted by Crippen LogP contribution is -1.70. The molecule has 0 radical (unpaired) electrons. The molecule has 1 N–H and O–H groups in total. The van der Waals surface area contributed by atoms with Gasteiger partial charge < -0.3 is 4.98 Å². The van der Waals surface area contributed by atoms with E-state index < -0.39 is 0 Å². The molecule has 0 aliphatic carbocycles. The van der Waals surface area contributed by atoms with Crippen LogP contribution in [0.2, 0.25) is 0 Å². The lowest BCUT2D eigenvalue weighted by atomic mass is 10.2. The summed E-state index contributed by atoms with van der Waals surface area (Å²) in [6.45, 7) is 0. The summed E-state index contributed by atoms with van der Waals surface area (Å²) in [6.07, 6.45) is 1.94. The van der Waals surface area contributed by atoms with Crippen LogP contribution in [-0.4, -0.2) is 4.98 Å². The Labute approximate surface area is 74.0 Å². The van der Waals surface area contributed by atoms with Crippen molar-refractivity contribution in [2.75, 3.05) is 0 Å². The Bertz CT molecular complexity index is 367. The highest BCUT2D eigenvalue weighted by Gasteiger charge is 1.98. The molecular formula is C8H7NS2. The minimum atomic E-state index is 1.17. The SMILES string of the molecule is SSc1cccc2cc[nH]c12. The third-order valence-electron chi connectivity index (χ3n) is 1.65. The van der Waals surface area contributed by atoms with E-state index in [-0.39, 0.29) is 0 Å². The van der Waals surface area contributed by atoms with Gasteiger partial charge in [-0.25, -0.2) is 0 Å². The second-order valence-electron chi connectivity index (χ2n) is 2.29. The molecule has 56 valence electrons. The number of benzene rings is 1. The number of hydrogen-bond donors (Lipinski definition) is 2. The van der Waals surface area contributed by atoms with Crippen LogP contribution in [0.15, 0.2) is 35.4 Å². The summed E-state index contributed by atoms with van der Waals surface area (Å²) in [6, 6.07) is 8.23. The monoisotopic (exact) mass is 181 g/mol. The van der Waals surface area contributed by atoms with Crippen molar-refractivity contribution in [2.24, 2.45) is 0 Å². The number of thiol groups is 1. The van der Waals surface area contributed by atoms with Gasteiger partial charge in [0.15, 0.2) is 0 Å². The zero-order valence-corrected chi connectivity index (χ0v) is 7.45. The normalized spacial score (nSPS) is 10.6. The maximum atomic E-state index is 4.16. The third-order valence-corrected chi connectivity index (χ3v) is 2.77. The Morgan fingerprint density at radius 3 is 3.00 bits per heavy atom. The standard InChI is InChI=1S/C8H7NS2/c10-11-7-3-1-2-6-4-5-9-8(6)7/h1-5,9-10H. The summed E-state index contributed by atoms with van der Waals surface area (Å²) in [5, 5.41) is 1.24. The Morgan fingerprint density at radius 1 is 1.27 bits per heavy atom. The topological polar surface area (TPSA) is 15.8 Å². The van der Waals surface area contributed by atoms with Gasteiger partial charge in [0, 0.05) is 16.5 Å². The smallest absolute Gasteiger partial charge is 0.0600 e. The van der Waals surface area contributed by atoms with E-state index in [1.807, 2.05) is 12.3 Å². The van der Waals surface area contributed by atoms with E-state index in [4.69, 9.17) is 0 Å². The Balaban J connectivity index is 2.79. The summed E-state index contributed by atoms with van der Waals surface area (Å²) in [5.74, 6) is 0. The summed E-state index contributed by atoms with van der Waals surface area (Å²) < 4.78 is 0. The van der Waals surface area contributed by atoms with Gasteiger partial charge >= 0.3 is 0 Å². The average molecular weight is 181 g/mol. The molecule has 0 spiro atoms. The van der Waals surface area contributed by atoms with Crippen molar-refractivity contribution in [1.82, 2.24) is 4.98 Å². The molecule has 2 aromatic rings. The van der Waals surface area contributed by atoms with Crippen LogP contribution >= 0.6 is 22.5 Å². The van der Waals surface area contributed by atoms with Crippen molar-refractivity contribution in [2.45, 2.75) is 4.90 Å². The molecule has 1 aromatic heterocycles. The molecule has 0 amide bonds. The van der Waals surface area contributed by atoms with Crippen LogP contribution in [0.5, 0.6) is 0 Å². The molecule has 11 heavy (non-hydrogen) atoms. The predicted octanol–water partition coefficient (Wildman–Crippen LogP) is 3.10. The van der Waals surface area contributed by atoms with Crippen LogP contribution < -0.4 is 0 Å². The number of aromatic amines is 1. The van der Waals surface area contributed by atoms with Crippen molar-refractivity contribution in [3.05, 3.63) is 30.5 Å². The minimum absolute atomic E-state index is 1.17. The molecule has 1 aromatic carbocycles. The molecule has 0 saturated carbocycles. The molecule has 0 saturated heterocycles. The number of hydrogen-bond acceptors (Lipinski definition) is 2. The van der Waals surface area contributed by atoms with E-state index in [9.17, 15) is 0 Å². The van der Waals surface area contributed by atoms with Gasteiger partial charge in [0.2, 0.25) is 0 Å². The van der Waals surface area contributed by atoms with Crippen molar-refractivity contribution < 1.29 is 0 Å². The van der Waals surface area contributed by atoms with Crippen molar-refractivity contribution >= 4 is 33.4 Å². The number of nitrogens with one attached hydrogen (secondary N) is 1. The highest BCUT2D eigenvalue weighted by Crippen LogP contribution is 2.28. The molecule has 0 atom stereocenters. The summed E-state index contributed by atoms with van der Waals surface area (Å²) in [4.78, 5) is 4.35. The van der Waals surface area contributed by atoms with Gasteiger partial charge in [0.05, 0.1) is 5.52 Å². The Hall–Kier alpha value is -0.540. The van der Waals surface area contributed by atoms with Crippen molar-refractivity contribution in [3.8, 4) is 0 Å². The molecule has 0 aliphatic heterocycles. The van der Waals surface area contributed by atoms with Gasteiger partial charge in [0.1, 0.15) is 0 Å². The van der Waals surface area contributed by atoms with Crippen LogP contribution in [0.1, 0.15) is 0 Å². The van der Waals surface area contributed by atoms with Crippen molar-refractivity contribution in [3.63, 3.8) is 0 Å². The first-order valence-electron chi connectivity index (χ1n) is 3.29. The van der Waals surface area contributed by atoms with Gasteiger partial charge in [-0.3, -0.25) is 0 Å². The first kappa shape index (κ1) is 7.13. The molecular weight excluding hydrogens is 174 g/mol. The van der Waals surface area contributed by atoms with E-state index in [0.29, 0.717) is 0 Å². The highest BCUT2D eigenvalue weighted by atomic mass is 33.1. The Kier molecular flexibility index (Phi) is 1.84. The number of para-hydroxylation sites is 1. The second-order valence-corrected chi connectivity index (χ2v) is 3.46. The fourth-order valence-electron chi connectivity index (χ4n) is 1.13. The molecule has 0 bridgehead atoms. The largest absolute Gasteiger partial charge is 0.360 e. The predicted molar refractivity (Wildman–Crippen MR) is 53.1 cm³/mol. The number of aromatic nitrogens is 1. The van der Waals surface area contributed by atoms with Gasteiger partial charge in [0.25, 0.3) is 0 Å². The molecule has 3 heteroatoms. The average Bonchev–Trinajstić information content (AvgIpc) is 2.50. The first-order valence-corrected chi connectivity index (χ1v) is 5.16. The van der Waals surface area contributed by atoms with E-state index in [2.05, 4.69) is 34.8 Å². The molecule has 2 rings (SSSR count). The fourth-order valence-corrected chi connectivity index (χ4v) is 2.00. The maximum Gasteiger partial charge on any atom is 0.0600 e. The van der Waals surface area contributed by atoms with Crippen molar-refractivity contribution in [1.29, 1.82) is 0 Å².